The van der Waals surface area contributed by atoms with Crippen LogP contribution < -0.4 is 20.9 Å². The van der Waals surface area contributed by atoms with Crippen LogP contribution in [0.2, 0.25) is 0 Å². The Morgan fingerprint density at radius 1 is 1.05 bits per heavy atom. The molecule has 1 aliphatic heterocycles. The molecule has 0 unspecified atom stereocenters. The predicted octanol–water partition coefficient (Wildman–Crippen LogP) is 4.12. The van der Waals surface area contributed by atoms with E-state index in [0.29, 0.717) is 24.6 Å². The van der Waals surface area contributed by atoms with Gasteiger partial charge in [-0.05, 0) is 54.8 Å². The number of aromatic amines is 1. The lowest BCUT2D eigenvalue weighted by Crippen LogP contribution is -2.41. The highest BCUT2D eigenvalue weighted by atomic mass is 32.2. The van der Waals surface area contributed by atoms with E-state index in [-0.39, 0.29) is 39.1 Å². The lowest BCUT2D eigenvalue weighted by Gasteiger charge is -2.30. The van der Waals surface area contributed by atoms with Crippen molar-refractivity contribution in [1.29, 1.82) is 5.26 Å². The van der Waals surface area contributed by atoms with Gasteiger partial charge < -0.3 is 15.4 Å². The van der Waals surface area contributed by atoms with Gasteiger partial charge in [0.1, 0.15) is 11.9 Å². The molecule has 4 N–H and O–H groups in total. The van der Waals surface area contributed by atoms with Crippen molar-refractivity contribution >= 4 is 16.1 Å². The first kappa shape index (κ1) is 30.3. The molecule has 0 saturated carbocycles. The molecule has 0 aliphatic carbocycles. The molecule has 1 saturated heterocycles. The van der Waals surface area contributed by atoms with Crippen LogP contribution in [0.1, 0.15) is 18.4 Å². The van der Waals surface area contributed by atoms with E-state index in [4.69, 9.17) is 20.3 Å². The Bertz CT molecular complexity index is 1780. The Balaban J connectivity index is 0.000000343. The summed E-state index contributed by atoms with van der Waals surface area (Å²) in [6.45, 7) is 1.23. The minimum atomic E-state index is -4.00. The van der Waals surface area contributed by atoms with E-state index in [2.05, 4.69) is 9.97 Å². The number of halogens is 2. The average Bonchev–Trinajstić information content (AvgIpc) is 2.97. The molecule has 2 heterocycles. The van der Waals surface area contributed by atoms with Gasteiger partial charge in [0.25, 0.3) is 15.7 Å². The van der Waals surface area contributed by atoms with Crippen LogP contribution in [-0.2, 0) is 10.1 Å². The van der Waals surface area contributed by atoms with Crippen molar-refractivity contribution in [2.45, 2.75) is 23.8 Å². The number of hydrogen-bond acceptors (Lipinski definition) is 8. The molecule has 42 heavy (non-hydrogen) atoms. The van der Waals surface area contributed by atoms with E-state index in [1.165, 1.54) is 49.6 Å². The van der Waals surface area contributed by atoms with Gasteiger partial charge in [-0.3, -0.25) is 14.3 Å². The lowest BCUT2D eigenvalue weighted by molar-refractivity contribution is 0.386. The smallest absolute Gasteiger partial charge is 0.294 e. The van der Waals surface area contributed by atoms with E-state index in [1.54, 1.807) is 24.3 Å². The fraction of sp³-hybridized carbons (Fsp3) is 0.207. The Labute approximate surface area is 240 Å². The molecule has 10 nitrogen and oxygen atoms in total. The number of rotatable bonds is 5. The maximum Gasteiger partial charge on any atom is 0.294 e. The zero-order valence-electron chi connectivity index (χ0n) is 22.4. The molecule has 3 aromatic carbocycles. The summed E-state index contributed by atoms with van der Waals surface area (Å²) in [5.74, 6) is -1.01. The van der Waals surface area contributed by atoms with Crippen LogP contribution in [0.5, 0.6) is 5.75 Å². The Morgan fingerprint density at radius 2 is 1.69 bits per heavy atom. The summed E-state index contributed by atoms with van der Waals surface area (Å²) in [7, 11) is -2.66. The van der Waals surface area contributed by atoms with Gasteiger partial charge >= 0.3 is 0 Å². The molecule has 0 atom stereocenters. The van der Waals surface area contributed by atoms with E-state index < -0.39 is 27.3 Å². The minimum Gasteiger partial charge on any atom is -0.494 e. The van der Waals surface area contributed by atoms with Gasteiger partial charge in [-0.15, -0.1) is 0 Å². The van der Waals surface area contributed by atoms with Crippen molar-refractivity contribution in [3.05, 3.63) is 94.3 Å². The van der Waals surface area contributed by atoms with Gasteiger partial charge in [0.15, 0.2) is 11.6 Å². The van der Waals surface area contributed by atoms with Crippen LogP contribution in [0.15, 0.2) is 76.4 Å². The third-order valence-electron chi connectivity index (χ3n) is 6.59. The zero-order valence-corrected chi connectivity index (χ0v) is 23.2. The molecule has 1 aliphatic rings. The second-order valence-corrected chi connectivity index (χ2v) is 10.8. The number of aromatic nitrogens is 2. The molecule has 218 valence electrons. The molecule has 0 amide bonds. The number of anilines is 1. The summed E-state index contributed by atoms with van der Waals surface area (Å²) in [5.41, 5.74) is 6.20. The summed E-state index contributed by atoms with van der Waals surface area (Å²) in [4.78, 5) is 22.4. The van der Waals surface area contributed by atoms with E-state index >= 15 is 0 Å². The van der Waals surface area contributed by atoms with Crippen molar-refractivity contribution in [2.24, 2.45) is 5.73 Å². The lowest BCUT2D eigenvalue weighted by atomic mass is 9.99. The monoisotopic (exact) mass is 595 g/mol. The maximum atomic E-state index is 14.4. The van der Waals surface area contributed by atoms with Gasteiger partial charge in [-0.2, -0.15) is 13.7 Å². The predicted molar refractivity (Wildman–Crippen MR) is 153 cm³/mol. The van der Waals surface area contributed by atoms with Crippen LogP contribution in [-0.4, -0.2) is 49.2 Å². The molecular weight excluding hydrogens is 568 g/mol. The zero-order chi connectivity index (χ0) is 30.4. The molecule has 1 fully saturated rings. The number of methoxy groups -OCH3 is 1. The molecule has 4 aromatic rings. The van der Waals surface area contributed by atoms with E-state index in [1.807, 2.05) is 4.90 Å². The Morgan fingerprint density at radius 3 is 2.24 bits per heavy atom. The van der Waals surface area contributed by atoms with E-state index in [0.717, 1.165) is 18.9 Å². The molecule has 0 bridgehead atoms. The van der Waals surface area contributed by atoms with Crippen LogP contribution in [0.4, 0.5) is 14.7 Å². The number of hydrogen-bond donors (Lipinski definition) is 3. The van der Waals surface area contributed by atoms with Crippen molar-refractivity contribution in [2.75, 3.05) is 25.1 Å². The maximum absolute atomic E-state index is 14.4. The SMILES string of the molecule is COc1ccc(-c2c(-c3ccc(C#N)c(F)c3)nc(N3CCC(N)CC3)[nH]c2=O)cc1F.O=S(=O)(O)c1ccccc1. The second kappa shape index (κ2) is 12.9. The van der Waals surface area contributed by atoms with Crippen molar-refractivity contribution < 1.29 is 26.5 Å². The van der Waals surface area contributed by atoms with Gasteiger partial charge in [0.2, 0.25) is 5.95 Å². The number of nitrogens with two attached hydrogens (primary N) is 1. The number of benzene rings is 3. The minimum absolute atomic E-state index is 0.0328. The molecule has 1 aromatic heterocycles. The first-order valence-electron chi connectivity index (χ1n) is 12.7. The number of nitrogens with zero attached hydrogens (tertiary/aromatic N) is 3. The second-order valence-electron chi connectivity index (χ2n) is 9.38. The first-order chi connectivity index (χ1) is 20.0. The molecule has 5 rings (SSSR count). The first-order valence-corrected chi connectivity index (χ1v) is 14.2. The molecule has 13 heteroatoms. The third-order valence-corrected chi connectivity index (χ3v) is 7.46. The van der Waals surface area contributed by atoms with Crippen molar-refractivity contribution in [3.63, 3.8) is 0 Å². The summed E-state index contributed by atoms with van der Waals surface area (Å²) in [6.07, 6.45) is 1.49. The third kappa shape index (κ3) is 6.98. The van der Waals surface area contributed by atoms with Gasteiger partial charge in [-0.25, -0.2) is 13.8 Å². The number of piperidine rings is 1. The molecular formula is C29H27F2N5O5S. The largest absolute Gasteiger partial charge is 0.494 e. The van der Waals surface area contributed by atoms with Gasteiger partial charge in [0.05, 0.1) is 28.8 Å². The van der Waals surface area contributed by atoms with Crippen LogP contribution >= 0.6 is 0 Å². The van der Waals surface area contributed by atoms with Gasteiger partial charge in [0, 0.05) is 24.7 Å². The topological polar surface area (TPSA) is 162 Å². The highest BCUT2D eigenvalue weighted by Gasteiger charge is 2.23. The Kier molecular flexibility index (Phi) is 9.31. The average molecular weight is 596 g/mol. The summed E-state index contributed by atoms with van der Waals surface area (Å²) in [6, 6.07) is 17.4. The number of H-pyrrole nitrogens is 1. The number of nitrogens with one attached hydrogen (secondary N) is 1. The quantitative estimate of drug-likeness (QED) is 0.288. The summed E-state index contributed by atoms with van der Waals surface area (Å²) < 4.78 is 63.0. The normalized spacial score (nSPS) is 13.6. The summed E-state index contributed by atoms with van der Waals surface area (Å²) in [5, 5.41) is 9.04. The Hall–Kier alpha value is -4.64. The molecule has 0 spiro atoms. The van der Waals surface area contributed by atoms with Gasteiger partial charge in [-0.1, -0.05) is 30.3 Å². The number of ether oxygens (including phenoxy) is 1. The highest BCUT2D eigenvalue weighted by Crippen LogP contribution is 2.32. The highest BCUT2D eigenvalue weighted by molar-refractivity contribution is 7.85. The fourth-order valence-electron chi connectivity index (χ4n) is 4.37. The van der Waals surface area contributed by atoms with Crippen LogP contribution in [0.25, 0.3) is 22.4 Å². The summed E-state index contributed by atoms with van der Waals surface area (Å²) >= 11 is 0. The number of nitriles is 1. The van der Waals surface area contributed by atoms with Crippen LogP contribution in [0.3, 0.4) is 0 Å². The van der Waals surface area contributed by atoms with Crippen molar-refractivity contribution in [3.8, 4) is 34.2 Å². The standard InChI is InChI=1S/C23H21F2N5O2.C6H6O3S/c1-32-19-5-4-13(10-18(19)25)20-21(14-2-3-15(12-26)17(24)11-14)28-23(29-22(20)31)30-8-6-16(27)7-9-30;7-10(8,9)6-4-2-1-3-5-6/h2-5,10-11,16H,6-9,27H2,1H3,(H,28,29,31);1-5H,(H,7,8,9). The van der Waals surface area contributed by atoms with Crippen molar-refractivity contribution in [1.82, 2.24) is 9.97 Å². The molecule has 0 radical (unpaired) electrons. The van der Waals surface area contributed by atoms with Crippen LogP contribution in [0, 0.1) is 23.0 Å². The van der Waals surface area contributed by atoms with E-state index in [9.17, 15) is 22.0 Å². The fourth-order valence-corrected chi connectivity index (χ4v) is 4.87.